The van der Waals surface area contributed by atoms with Gasteiger partial charge in [0, 0.05) is 59.6 Å². The van der Waals surface area contributed by atoms with Crippen LogP contribution in [0.1, 0.15) is 89.0 Å². The molecule has 0 fully saturated rings. The maximum Gasteiger partial charge on any atom is 0.510 e. The molecule has 7 N–H and O–H groups in total. The lowest BCUT2D eigenvalue weighted by molar-refractivity contribution is -0.384. The van der Waals surface area contributed by atoms with Gasteiger partial charge in [0.25, 0.3) is 11.2 Å². The Labute approximate surface area is 384 Å². The number of nitrogens with one attached hydrogen (secondary N) is 3. The van der Waals surface area contributed by atoms with Gasteiger partial charge in [0.05, 0.1) is 33.9 Å². The summed E-state index contributed by atoms with van der Waals surface area (Å²) in [6.45, 7) is 8.16. The number of benzene rings is 2. The number of nitro groups is 1. The lowest BCUT2D eigenvalue weighted by Crippen LogP contribution is -2.54. The van der Waals surface area contributed by atoms with Crippen LogP contribution in [0.15, 0.2) is 64.4 Å². The Morgan fingerprint density at radius 3 is 2.37 bits per heavy atom. The number of ether oxygens (including phenoxy) is 3. The van der Waals surface area contributed by atoms with Crippen molar-refractivity contribution in [2.45, 2.75) is 104 Å². The third-order valence-corrected chi connectivity index (χ3v) is 11.6. The Kier molecular flexibility index (Phi) is 15.0. The average molecular weight is 924 g/mol. The van der Waals surface area contributed by atoms with Gasteiger partial charge in [-0.1, -0.05) is 46.8 Å². The van der Waals surface area contributed by atoms with E-state index >= 15 is 0 Å². The molecule has 0 unspecified atom stereocenters. The third kappa shape index (κ3) is 11.0. The molecule has 67 heavy (non-hydrogen) atoms. The lowest BCUT2D eigenvalue weighted by atomic mass is 9.85. The summed E-state index contributed by atoms with van der Waals surface area (Å²) in [4.78, 5) is 112. The highest BCUT2D eigenvalue weighted by atomic mass is 16.7. The standard InChI is InChI=1S/C46H53N9O12/c1-6-46(32-20-35-39-28(21-54(35)42(60)31(32)23-65-43(46)61)18-27-19-30(55(63)64)13-14-33(27)51-39)67-45(62)66-22-26-9-11-29(12-10-26)50-40(58)34(8-7-17-49-44(47)48)52-41(59)38(25(4)5)53-37(57)16-15-36(56)24(2)3/h9-14,18-20,24-25,34,38H,6-8,15-17,21-23H2,1-5H3,(H,50,58)(H,52,59)(H,53,57)(H4,47,48,49)/t34-,38-,46-/m0/s1. The van der Waals surface area contributed by atoms with Crippen LogP contribution >= 0.6 is 0 Å². The summed E-state index contributed by atoms with van der Waals surface area (Å²) in [5, 5.41) is 20.1. The predicted molar refractivity (Wildman–Crippen MR) is 243 cm³/mol. The normalized spacial score (nSPS) is 15.6. The number of rotatable bonds is 19. The number of fused-ring (bicyclic) bond motifs is 5. The van der Waals surface area contributed by atoms with Crippen LogP contribution < -0.4 is 33.0 Å². The van der Waals surface area contributed by atoms with Crippen molar-refractivity contribution in [3.63, 3.8) is 0 Å². The Bertz CT molecular complexity index is 2710. The van der Waals surface area contributed by atoms with E-state index in [1.54, 1.807) is 71.0 Å². The van der Waals surface area contributed by atoms with Crippen molar-refractivity contribution in [2.75, 3.05) is 11.9 Å². The quantitative estimate of drug-likeness (QED) is 0.0195. The Hall–Kier alpha value is -7.71. The Morgan fingerprint density at radius 2 is 1.72 bits per heavy atom. The fourth-order valence-corrected chi connectivity index (χ4v) is 7.81. The van der Waals surface area contributed by atoms with E-state index in [-0.39, 0.29) is 92.4 Å². The van der Waals surface area contributed by atoms with Crippen LogP contribution in [0.25, 0.3) is 22.3 Å². The number of cyclic esters (lactones) is 1. The molecule has 0 aliphatic carbocycles. The van der Waals surface area contributed by atoms with Crippen molar-refractivity contribution in [2.24, 2.45) is 28.3 Å². The van der Waals surface area contributed by atoms with Crippen LogP contribution in [0.5, 0.6) is 0 Å². The van der Waals surface area contributed by atoms with E-state index < -0.39 is 58.0 Å². The smallest absolute Gasteiger partial charge is 0.457 e. The molecule has 2 aliphatic rings. The van der Waals surface area contributed by atoms with Crippen molar-refractivity contribution < 1.29 is 47.9 Å². The van der Waals surface area contributed by atoms with Gasteiger partial charge in [0.15, 0.2) is 5.96 Å². The molecule has 2 aliphatic heterocycles. The Balaban J connectivity index is 1.12. The molecule has 0 bridgehead atoms. The zero-order valence-electron chi connectivity index (χ0n) is 37.7. The van der Waals surface area contributed by atoms with Gasteiger partial charge in [-0.05, 0) is 61.1 Å². The first kappa shape index (κ1) is 48.7. The number of carbonyl (C=O) groups is 6. The van der Waals surface area contributed by atoms with Crippen molar-refractivity contribution in [3.05, 3.63) is 97.3 Å². The van der Waals surface area contributed by atoms with Crippen LogP contribution in [-0.2, 0) is 63.5 Å². The minimum absolute atomic E-state index is 0.0326. The van der Waals surface area contributed by atoms with Crippen molar-refractivity contribution in [1.82, 2.24) is 20.2 Å². The van der Waals surface area contributed by atoms with Crippen LogP contribution in [0.4, 0.5) is 16.2 Å². The molecule has 21 nitrogen and oxygen atoms in total. The summed E-state index contributed by atoms with van der Waals surface area (Å²) in [6.07, 6.45) is -0.943. The number of nitro benzene ring substituents is 1. The number of aromatic nitrogens is 2. The molecule has 2 aromatic carbocycles. The lowest BCUT2D eigenvalue weighted by Gasteiger charge is -2.35. The van der Waals surface area contributed by atoms with E-state index in [1.807, 2.05) is 0 Å². The largest absolute Gasteiger partial charge is 0.510 e. The van der Waals surface area contributed by atoms with Gasteiger partial charge >= 0.3 is 12.1 Å². The third-order valence-electron chi connectivity index (χ3n) is 11.6. The van der Waals surface area contributed by atoms with Crippen LogP contribution in [0, 0.1) is 22.0 Å². The molecule has 0 radical (unpaired) electrons. The number of guanidine groups is 1. The van der Waals surface area contributed by atoms with Gasteiger partial charge < -0.3 is 46.2 Å². The summed E-state index contributed by atoms with van der Waals surface area (Å²) in [7, 11) is 0. The fraction of sp³-hybridized carbons (Fsp3) is 0.413. The molecule has 0 saturated carbocycles. The van der Waals surface area contributed by atoms with E-state index in [1.165, 1.54) is 22.8 Å². The zero-order chi connectivity index (χ0) is 48.7. The number of nitrogens with two attached hydrogens (primary N) is 2. The molecule has 3 amide bonds. The topological polar surface area (TPSA) is 309 Å². The average Bonchev–Trinajstić information content (AvgIpc) is 3.65. The number of pyridine rings is 2. The highest BCUT2D eigenvalue weighted by molar-refractivity contribution is 5.99. The van der Waals surface area contributed by atoms with Crippen LogP contribution in [0.3, 0.4) is 0 Å². The molecule has 4 heterocycles. The first-order chi connectivity index (χ1) is 31.8. The second-order valence-electron chi connectivity index (χ2n) is 16.9. The predicted octanol–water partition coefficient (Wildman–Crippen LogP) is 3.97. The maximum absolute atomic E-state index is 13.9. The summed E-state index contributed by atoms with van der Waals surface area (Å²) in [6, 6.07) is 11.7. The SMILES string of the molecule is CC[C@@]1(OC(=O)OCc2ccc(NC(=O)[C@H](CCCN=C(N)N)NC(=O)[C@@H](NC(=O)CCC(=O)C(C)C)C(C)C)cc2)C(=O)OCc2c1cc1n(c2=O)Cc2cc3cc([N+](=O)[O-])ccc3nc2-1. The van der Waals surface area contributed by atoms with E-state index in [2.05, 4.69) is 20.9 Å². The maximum atomic E-state index is 13.9. The number of hydrogen-bond acceptors (Lipinski definition) is 14. The van der Waals surface area contributed by atoms with Gasteiger partial charge in [-0.25, -0.2) is 14.6 Å². The van der Waals surface area contributed by atoms with E-state index in [0.717, 1.165) is 0 Å². The second kappa shape index (κ2) is 20.6. The molecule has 0 spiro atoms. The molecule has 354 valence electrons. The number of non-ortho nitro benzene ring substituents is 1. The van der Waals surface area contributed by atoms with Crippen molar-refractivity contribution in [1.29, 1.82) is 0 Å². The minimum atomic E-state index is -2.04. The second-order valence-corrected chi connectivity index (χ2v) is 16.9. The van der Waals surface area contributed by atoms with E-state index in [0.29, 0.717) is 45.5 Å². The molecular formula is C46H53N9O12. The molecule has 4 aromatic rings. The fourth-order valence-electron chi connectivity index (χ4n) is 7.81. The number of anilines is 1. The monoisotopic (exact) mass is 923 g/mol. The molecule has 0 saturated heterocycles. The number of hydrogen-bond donors (Lipinski definition) is 5. The highest BCUT2D eigenvalue weighted by Gasteiger charge is 2.51. The van der Waals surface area contributed by atoms with Gasteiger partial charge in [-0.3, -0.25) is 39.1 Å². The van der Waals surface area contributed by atoms with Gasteiger partial charge in [-0.2, -0.15) is 0 Å². The molecule has 21 heteroatoms. The van der Waals surface area contributed by atoms with Crippen LogP contribution in [-0.4, -0.2) is 74.7 Å². The summed E-state index contributed by atoms with van der Waals surface area (Å²) in [5.41, 5.74) is 11.2. The molecule has 2 aromatic heterocycles. The van der Waals surface area contributed by atoms with Gasteiger partial charge in [0.1, 0.15) is 31.1 Å². The van der Waals surface area contributed by atoms with E-state index in [9.17, 15) is 43.7 Å². The van der Waals surface area contributed by atoms with Crippen molar-refractivity contribution in [3.8, 4) is 11.4 Å². The van der Waals surface area contributed by atoms with Gasteiger partial charge in [-0.15, -0.1) is 0 Å². The van der Waals surface area contributed by atoms with Gasteiger partial charge in [0.2, 0.25) is 23.3 Å². The molecular weight excluding hydrogens is 871 g/mol. The number of carbonyl (C=O) groups excluding carboxylic acids is 6. The number of aliphatic imine (C=N–C) groups is 1. The number of esters is 1. The minimum Gasteiger partial charge on any atom is -0.457 e. The summed E-state index contributed by atoms with van der Waals surface area (Å²) in [5.74, 6) is -3.34. The zero-order valence-corrected chi connectivity index (χ0v) is 37.7. The summed E-state index contributed by atoms with van der Waals surface area (Å²) < 4.78 is 18.1. The molecule has 3 atom stereocenters. The number of nitrogens with zero attached hydrogens (tertiary/aromatic N) is 4. The molecule has 6 rings (SSSR count). The first-order valence-electron chi connectivity index (χ1n) is 21.8. The van der Waals surface area contributed by atoms with Crippen molar-refractivity contribution >= 4 is 63.9 Å². The number of ketones is 1. The van der Waals surface area contributed by atoms with E-state index in [4.69, 9.17) is 30.7 Å². The highest BCUT2D eigenvalue weighted by Crippen LogP contribution is 2.41. The summed E-state index contributed by atoms with van der Waals surface area (Å²) >= 11 is 0. The first-order valence-corrected chi connectivity index (χ1v) is 21.8. The number of amides is 3. The number of Topliss-reactive ketones (excluding diaryl/α,β-unsaturated/α-hetero) is 1. The van der Waals surface area contributed by atoms with Crippen LogP contribution in [0.2, 0.25) is 0 Å². The Morgan fingerprint density at radius 1 is 0.985 bits per heavy atom.